The third-order valence-electron chi connectivity index (χ3n) is 2.58. The third kappa shape index (κ3) is 3.87. The predicted molar refractivity (Wildman–Crippen MR) is 80.5 cm³/mol. The van der Waals surface area contributed by atoms with Crippen molar-refractivity contribution in [3.05, 3.63) is 27.7 Å². The van der Waals surface area contributed by atoms with Gasteiger partial charge in [-0.25, -0.2) is 12.7 Å². The van der Waals surface area contributed by atoms with Crippen LogP contribution in [0.1, 0.15) is 18.9 Å². The number of aliphatic hydroxyl groups excluding tert-OH is 1. The second-order valence-electron chi connectivity index (χ2n) is 3.96. The molecular formula is C13H15Cl2NO3S. The number of rotatable bonds is 4. The fraction of sp³-hybridized carbons (Fsp3) is 0.385. The first-order valence-electron chi connectivity index (χ1n) is 5.89. The van der Waals surface area contributed by atoms with Gasteiger partial charge >= 0.3 is 0 Å². The number of benzene rings is 1. The van der Waals surface area contributed by atoms with E-state index in [2.05, 4.69) is 11.8 Å². The van der Waals surface area contributed by atoms with Crippen LogP contribution >= 0.6 is 23.2 Å². The Labute approximate surface area is 129 Å². The Morgan fingerprint density at radius 1 is 1.30 bits per heavy atom. The first-order valence-corrected chi connectivity index (χ1v) is 8.09. The molecule has 0 spiro atoms. The lowest BCUT2D eigenvalue weighted by atomic mass is 10.2. The highest BCUT2D eigenvalue weighted by atomic mass is 35.5. The molecule has 7 heteroatoms. The minimum atomic E-state index is -3.71. The molecule has 0 radical (unpaired) electrons. The van der Waals surface area contributed by atoms with Gasteiger partial charge < -0.3 is 5.11 Å². The molecule has 0 fully saturated rings. The van der Waals surface area contributed by atoms with E-state index < -0.39 is 10.0 Å². The Bertz CT molecular complexity index is 624. The lowest BCUT2D eigenvalue weighted by Gasteiger charge is -2.17. The highest BCUT2D eigenvalue weighted by Gasteiger charge is 2.25. The smallest absolute Gasteiger partial charge is 0.245 e. The Kier molecular flexibility index (Phi) is 6.31. The van der Waals surface area contributed by atoms with Gasteiger partial charge in [0.15, 0.2) is 0 Å². The maximum absolute atomic E-state index is 12.3. The zero-order chi connectivity index (χ0) is 15.3. The molecule has 4 nitrogen and oxygen atoms in total. The number of hydrogen-bond acceptors (Lipinski definition) is 3. The van der Waals surface area contributed by atoms with Gasteiger partial charge in [-0.2, -0.15) is 0 Å². The Morgan fingerprint density at radius 2 is 1.85 bits per heavy atom. The molecule has 1 aromatic rings. The Balaban J connectivity index is 3.31. The van der Waals surface area contributed by atoms with Gasteiger partial charge in [0.05, 0.1) is 16.7 Å². The van der Waals surface area contributed by atoms with E-state index >= 15 is 0 Å². The Morgan fingerprint density at radius 3 is 2.30 bits per heavy atom. The molecule has 0 saturated heterocycles. The summed E-state index contributed by atoms with van der Waals surface area (Å²) in [7, 11) is -2.26. The minimum absolute atomic E-state index is 0.0334. The SMILES string of the molecule is CCN(C)S(=O)(=O)c1c(Cl)cc(C#CCCO)cc1Cl. The number of nitrogens with zero attached hydrogens (tertiary/aromatic N) is 1. The molecule has 0 saturated carbocycles. The van der Waals surface area contributed by atoms with Crippen molar-refractivity contribution in [3.63, 3.8) is 0 Å². The van der Waals surface area contributed by atoms with Crippen LogP contribution in [0.3, 0.4) is 0 Å². The fourth-order valence-electron chi connectivity index (χ4n) is 1.42. The summed E-state index contributed by atoms with van der Waals surface area (Å²) in [6.45, 7) is 1.99. The topological polar surface area (TPSA) is 57.6 Å². The van der Waals surface area contributed by atoms with E-state index in [1.54, 1.807) is 6.92 Å². The van der Waals surface area contributed by atoms with Gasteiger partial charge in [-0.05, 0) is 12.1 Å². The van der Waals surface area contributed by atoms with E-state index in [1.807, 2.05) is 0 Å². The lowest BCUT2D eigenvalue weighted by Crippen LogP contribution is -2.27. The van der Waals surface area contributed by atoms with Crippen molar-refractivity contribution < 1.29 is 13.5 Å². The van der Waals surface area contributed by atoms with Gasteiger partial charge in [0.1, 0.15) is 4.90 Å². The van der Waals surface area contributed by atoms with Crippen LogP contribution in [0.25, 0.3) is 0 Å². The van der Waals surface area contributed by atoms with E-state index in [-0.39, 0.29) is 21.5 Å². The van der Waals surface area contributed by atoms with Crippen LogP contribution in [0.2, 0.25) is 10.0 Å². The maximum atomic E-state index is 12.3. The molecule has 0 aliphatic rings. The van der Waals surface area contributed by atoms with E-state index in [9.17, 15) is 8.42 Å². The van der Waals surface area contributed by atoms with Crippen molar-refractivity contribution in [1.29, 1.82) is 0 Å². The molecule has 20 heavy (non-hydrogen) atoms. The molecule has 110 valence electrons. The second-order valence-corrected chi connectivity index (χ2v) is 6.76. The summed E-state index contributed by atoms with van der Waals surface area (Å²) < 4.78 is 25.7. The van der Waals surface area contributed by atoms with Gasteiger partial charge in [-0.1, -0.05) is 42.0 Å². The van der Waals surface area contributed by atoms with Crippen LogP contribution in [0.15, 0.2) is 17.0 Å². The van der Waals surface area contributed by atoms with Gasteiger partial charge in [0.25, 0.3) is 0 Å². The van der Waals surface area contributed by atoms with Crippen LogP contribution in [-0.2, 0) is 10.0 Å². The third-order valence-corrected chi connectivity index (χ3v) is 5.44. The van der Waals surface area contributed by atoms with Crippen molar-refractivity contribution in [2.24, 2.45) is 0 Å². The monoisotopic (exact) mass is 335 g/mol. The van der Waals surface area contributed by atoms with Crippen molar-refractivity contribution in [2.45, 2.75) is 18.2 Å². The molecule has 0 aromatic heterocycles. The predicted octanol–water partition coefficient (Wildman–Crippen LogP) is 2.37. The maximum Gasteiger partial charge on any atom is 0.245 e. The fourth-order valence-corrected chi connectivity index (χ4v) is 3.76. The number of sulfonamides is 1. The zero-order valence-corrected chi connectivity index (χ0v) is 13.5. The van der Waals surface area contributed by atoms with Gasteiger partial charge in [0, 0.05) is 25.6 Å². The van der Waals surface area contributed by atoms with Crippen molar-refractivity contribution >= 4 is 33.2 Å². The molecular weight excluding hydrogens is 321 g/mol. The first kappa shape index (κ1) is 17.3. The lowest BCUT2D eigenvalue weighted by molar-refractivity contribution is 0.305. The average Bonchev–Trinajstić information content (AvgIpc) is 2.36. The highest BCUT2D eigenvalue weighted by molar-refractivity contribution is 7.89. The van der Waals surface area contributed by atoms with E-state index in [0.29, 0.717) is 18.5 Å². The van der Waals surface area contributed by atoms with E-state index in [4.69, 9.17) is 28.3 Å². The molecule has 0 aliphatic carbocycles. The standard InChI is InChI=1S/C13H15Cl2NO3S/c1-3-16(2)20(18,19)13-11(14)8-10(9-12(13)15)6-4-5-7-17/h8-9,17H,3,5,7H2,1-2H3. The van der Waals surface area contributed by atoms with Crippen LogP contribution in [0.5, 0.6) is 0 Å². The Hall–Kier alpha value is -0.770. The molecule has 0 unspecified atom stereocenters. The second kappa shape index (κ2) is 7.30. The molecule has 0 heterocycles. The first-order chi connectivity index (χ1) is 9.34. The summed E-state index contributed by atoms with van der Waals surface area (Å²) in [6.07, 6.45) is 0.327. The van der Waals surface area contributed by atoms with Crippen molar-refractivity contribution in [2.75, 3.05) is 20.2 Å². The molecule has 0 aliphatic heterocycles. The average molecular weight is 336 g/mol. The highest BCUT2D eigenvalue weighted by Crippen LogP contribution is 2.32. The summed E-state index contributed by atoms with van der Waals surface area (Å²) in [4.78, 5) is -0.113. The summed E-state index contributed by atoms with van der Waals surface area (Å²) in [5.74, 6) is 5.48. The summed E-state index contributed by atoms with van der Waals surface area (Å²) in [6, 6.07) is 2.91. The summed E-state index contributed by atoms with van der Waals surface area (Å²) in [5, 5.41) is 8.72. The van der Waals surface area contributed by atoms with Crippen molar-refractivity contribution in [1.82, 2.24) is 4.31 Å². The molecule has 1 rings (SSSR count). The molecule has 1 aromatic carbocycles. The van der Waals surface area contributed by atoms with Crippen molar-refractivity contribution in [3.8, 4) is 11.8 Å². The number of halogens is 2. The van der Waals surface area contributed by atoms with Crippen LogP contribution in [0.4, 0.5) is 0 Å². The number of aliphatic hydroxyl groups is 1. The molecule has 0 atom stereocenters. The van der Waals surface area contributed by atoms with Crippen LogP contribution in [0, 0.1) is 11.8 Å². The zero-order valence-electron chi connectivity index (χ0n) is 11.2. The minimum Gasteiger partial charge on any atom is -0.395 e. The normalized spacial score (nSPS) is 11.3. The van der Waals surface area contributed by atoms with Crippen LogP contribution in [-0.4, -0.2) is 38.0 Å². The largest absolute Gasteiger partial charge is 0.395 e. The van der Waals surface area contributed by atoms with Gasteiger partial charge in [-0.3, -0.25) is 0 Å². The summed E-state index contributed by atoms with van der Waals surface area (Å²) in [5.41, 5.74) is 0.506. The van der Waals surface area contributed by atoms with Gasteiger partial charge in [-0.15, -0.1) is 0 Å². The summed E-state index contributed by atoms with van der Waals surface area (Å²) >= 11 is 12.1. The molecule has 1 N–H and O–H groups in total. The number of hydrogen-bond donors (Lipinski definition) is 1. The quantitative estimate of drug-likeness (QED) is 0.859. The molecule has 0 amide bonds. The van der Waals surface area contributed by atoms with E-state index in [1.165, 1.54) is 19.2 Å². The van der Waals surface area contributed by atoms with Gasteiger partial charge in [0.2, 0.25) is 10.0 Å². The van der Waals surface area contributed by atoms with E-state index in [0.717, 1.165) is 4.31 Å². The van der Waals surface area contributed by atoms with Crippen LogP contribution < -0.4 is 0 Å². The molecule has 0 bridgehead atoms.